The van der Waals surface area contributed by atoms with Crippen LogP contribution < -0.4 is 5.32 Å². The number of piperidine rings is 1. The number of pyridine rings is 1. The molecule has 3 rings (SSSR count). The van der Waals surface area contributed by atoms with Crippen molar-refractivity contribution in [1.82, 2.24) is 9.88 Å². The molecule has 1 aliphatic carbocycles. The van der Waals surface area contributed by atoms with E-state index in [1.807, 2.05) is 17.0 Å². The van der Waals surface area contributed by atoms with E-state index in [1.54, 1.807) is 6.20 Å². The molecule has 2 N–H and O–H groups in total. The zero-order valence-electron chi connectivity index (χ0n) is 13.2. The SMILES string of the molecule is CC1CCN(C(=O)c2ccc(N[C@@H]3CCC[C@H]3O)nc2)CC1. The molecule has 5 heteroatoms. The zero-order chi connectivity index (χ0) is 15.5. The van der Waals surface area contributed by atoms with Crippen molar-refractivity contribution < 1.29 is 9.90 Å². The first-order valence-corrected chi connectivity index (χ1v) is 8.33. The molecule has 0 aromatic carbocycles. The Kier molecular flexibility index (Phi) is 4.62. The molecular formula is C17H25N3O2. The predicted octanol–water partition coefficient (Wildman–Crippen LogP) is 2.28. The van der Waals surface area contributed by atoms with Crippen LogP contribution >= 0.6 is 0 Å². The molecular weight excluding hydrogens is 278 g/mol. The van der Waals surface area contributed by atoms with Gasteiger partial charge in [0.05, 0.1) is 17.7 Å². The molecule has 0 unspecified atom stereocenters. The molecule has 1 saturated heterocycles. The molecule has 1 aromatic rings. The average molecular weight is 303 g/mol. The number of aromatic nitrogens is 1. The van der Waals surface area contributed by atoms with Crippen LogP contribution in [-0.4, -0.2) is 46.1 Å². The van der Waals surface area contributed by atoms with Crippen molar-refractivity contribution in [2.75, 3.05) is 18.4 Å². The molecule has 5 nitrogen and oxygen atoms in total. The van der Waals surface area contributed by atoms with Crippen molar-refractivity contribution in [3.05, 3.63) is 23.9 Å². The number of amides is 1. The van der Waals surface area contributed by atoms with E-state index in [-0.39, 0.29) is 18.1 Å². The number of aliphatic hydroxyl groups excluding tert-OH is 1. The van der Waals surface area contributed by atoms with Crippen LogP contribution in [0, 0.1) is 5.92 Å². The number of hydrogen-bond acceptors (Lipinski definition) is 4. The minimum Gasteiger partial charge on any atom is -0.391 e. The van der Waals surface area contributed by atoms with Crippen LogP contribution in [0.3, 0.4) is 0 Å². The Balaban J connectivity index is 1.60. The van der Waals surface area contributed by atoms with Gasteiger partial charge in [-0.25, -0.2) is 4.98 Å². The summed E-state index contributed by atoms with van der Waals surface area (Å²) in [5.74, 6) is 1.52. The van der Waals surface area contributed by atoms with Crippen molar-refractivity contribution in [3.8, 4) is 0 Å². The number of aliphatic hydroxyl groups is 1. The predicted molar refractivity (Wildman–Crippen MR) is 85.8 cm³/mol. The Labute approximate surface area is 131 Å². The third-order valence-corrected chi connectivity index (χ3v) is 4.89. The van der Waals surface area contributed by atoms with E-state index in [0.29, 0.717) is 11.5 Å². The van der Waals surface area contributed by atoms with Gasteiger partial charge in [-0.05, 0) is 50.2 Å². The van der Waals surface area contributed by atoms with Gasteiger partial charge in [-0.1, -0.05) is 6.92 Å². The maximum atomic E-state index is 12.4. The maximum absolute atomic E-state index is 12.4. The largest absolute Gasteiger partial charge is 0.391 e. The summed E-state index contributed by atoms with van der Waals surface area (Å²) in [5.41, 5.74) is 0.645. The van der Waals surface area contributed by atoms with Crippen molar-refractivity contribution in [3.63, 3.8) is 0 Å². The molecule has 1 aromatic heterocycles. The second-order valence-corrected chi connectivity index (χ2v) is 6.66. The van der Waals surface area contributed by atoms with E-state index < -0.39 is 0 Å². The van der Waals surface area contributed by atoms with E-state index in [1.165, 1.54) is 0 Å². The van der Waals surface area contributed by atoms with Gasteiger partial charge in [-0.2, -0.15) is 0 Å². The first-order chi connectivity index (χ1) is 10.6. The van der Waals surface area contributed by atoms with Crippen molar-refractivity contribution in [2.45, 2.75) is 51.2 Å². The first kappa shape index (κ1) is 15.3. The first-order valence-electron chi connectivity index (χ1n) is 8.33. The Bertz CT molecular complexity index is 509. The normalized spacial score (nSPS) is 26.2. The lowest BCUT2D eigenvalue weighted by atomic mass is 9.99. The van der Waals surface area contributed by atoms with Gasteiger partial charge < -0.3 is 15.3 Å². The molecule has 120 valence electrons. The maximum Gasteiger partial charge on any atom is 0.255 e. The number of nitrogens with one attached hydrogen (secondary N) is 1. The molecule has 0 bridgehead atoms. The van der Waals surface area contributed by atoms with Crippen LogP contribution in [0.25, 0.3) is 0 Å². The van der Waals surface area contributed by atoms with E-state index in [2.05, 4.69) is 17.2 Å². The van der Waals surface area contributed by atoms with E-state index in [0.717, 1.165) is 51.0 Å². The molecule has 1 amide bonds. The molecule has 1 aliphatic heterocycles. The summed E-state index contributed by atoms with van der Waals surface area (Å²) in [6.07, 6.45) is 6.37. The average Bonchev–Trinajstić information content (AvgIpc) is 2.93. The highest BCUT2D eigenvalue weighted by Crippen LogP contribution is 2.23. The Morgan fingerprint density at radius 2 is 2.05 bits per heavy atom. The number of hydrogen-bond donors (Lipinski definition) is 2. The summed E-state index contributed by atoms with van der Waals surface area (Å²) in [6.45, 7) is 3.92. The summed E-state index contributed by atoms with van der Waals surface area (Å²) in [5, 5.41) is 13.1. The van der Waals surface area contributed by atoms with E-state index in [9.17, 15) is 9.90 Å². The highest BCUT2D eigenvalue weighted by Gasteiger charge is 2.25. The van der Waals surface area contributed by atoms with Gasteiger partial charge in [0, 0.05) is 19.3 Å². The molecule has 1 saturated carbocycles. The van der Waals surface area contributed by atoms with Crippen LogP contribution in [0.5, 0.6) is 0 Å². The van der Waals surface area contributed by atoms with Crippen molar-refractivity contribution in [1.29, 1.82) is 0 Å². The second kappa shape index (κ2) is 6.65. The number of rotatable bonds is 3. The molecule has 2 heterocycles. The lowest BCUT2D eigenvalue weighted by molar-refractivity contribution is 0.0697. The summed E-state index contributed by atoms with van der Waals surface area (Å²) in [6, 6.07) is 3.75. The number of carbonyl (C=O) groups is 1. The fourth-order valence-corrected chi connectivity index (χ4v) is 3.30. The minimum atomic E-state index is -0.293. The van der Waals surface area contributed by atoms with Gasteiger partial charge in [-0.15, -0.1) is 0 Å². The highest BCUT2D eigenvalue weighted by atomic mass is 16.3. The Morgan fingerprint density at radius 3 is 2.64 bits per heavy atom. The molecule has 2 fully saturated rings. The van der Waals surface area contributed by atoms with Crippen molar-refractivity contribution >= 4 is 11.7 Å². The van der Waals surface area contributed by atoms with E-state index >= 15 is 0 Å². The highest BCUT2D eigenvalue weighted by molar-refractivity contribution is 5.94. The van der Waals surface area contributed by atoms with Gasteiger partial charge in [-0.3, -0.25) is 4.79 Å². The lowest BCUT2D eigenvalue weighted by Gasteiger charge is -2.30. The van der Waals surface area contributed by atoms with Gasteiger partial charge in [0.2, 0.25) is 0 Å². The standard InChI is InChI=1S/C17H25N3O2/c1-12-7-9-20(10-8-12)17(22)13-5-6-16(18-11-13)19-14-3-2-4-15(14)21/h5-6,11-12,14-15,21H,2-4,7-10H2,1H3,(H,18,19)/t14-,15-/m1/s1. The molecule has 22 heavy (non-hydrogen) atoms. The van der Waals surface area contributed by atoms with Gasteiger partial charge in [0.1, 0.15) is 5.82 Å². The van der Waals surface area contributed by atoms with Crippen LogP contribution in [0.1, 0.15) is 49.4 Å². The van der Waals surface area contributed by atoms with Crippen LogP contribution in [0.15, 0.2) is 18.3 Å². The van der Waals surface area contributed by atoms with Gasteiger partial charge in [0.25, 0.3) is 5.91 Å². The summed E-state index contributed by atoms with van der Waals surface area (Å²) >= 11 is 0. The van der Waals surface area contributed by atoms with Crippen LogP contribution in [0.2, 0.25) is 0 Å². The number of carbonyl (C=O) groups excluding carboxylic acids is 1. The Morgan fingerprint density at radius 1 is 1.27 bits per heavy atom. The molecule has 2 aliphatic rings. The van der Waals surface area contributed by atoms with Crippen LogP contribution in [0.4, 0.5) is 5.82 Å². The summed E-state index contributed by atoms with van der Waals surface area (Å²) < 4.78 is 0. The topological polar surface area (TPSA) is 65.5 Å². The number of likely N-dealkylation sites (tertiary alicyclic amines) is 1. The van der Waals surface area contributed by atoms with E-state index in [4.69, 9.17) is 0 Å². The Hall–Kier alpha value is -1.62. The minimum absolute atomic E-state index is 0.0758. The van der Waals surface area contributed by atoms with Crippen LogP contribution in [-0.2, 0) is 0 Å². The molecule has 0 radical (unpaired) electrons. The fraction of sp³-hybridized carbons (Fsp3) is 0.647. The third-order valence-electron chi connectivity index (χ3n) is 4.89. The fourth-order valence-electron chi connectivity index (χ4n) is 3.30. The number of anilines is 1. The van der Waals surface area contributed by atoms with Gasteiger partial charge in [0.15, 0.2) is 0 Å². The smallest absolute Gasteiger partial charge is 0.255 e. The van der Waals surface area contributed by atoms with Crippen molar-refractivity contribution in [2.24, 2.45) is 5.92 Å². The zero-order valence-corrected chi connectivity index (χ0v) is 13.2. The third kappa shape index (κ3) is 3.40. The summed E-state index contributed by atoms with van der Waals surface area (Å²) in [4.78, 5) is 18.7. The summed E-state index contributed by atoms with van der Waals surface area (Å²) in [7, 11) is 0. The number of nitrogens with zero attached hydrogens (tertiary/aromatic N) is 2. The quantitative estimate of drug-likeness (QED) is 0.899. The monoisotopic (exact) mass is 303 g/mol. The molecule has 0 spiro atoms. The molecule has 2 atom stereocenters. The van der Waals surface area contributed by atoms with Gasteiger partial charge >= 0.3 is 0 Å². The lowest BCUT2D eigenvalue weighted by Crippen LogP contribution is -2.38. The second-order valence-electron chi connectivity index (χ2n) is 6.66.